The van der Waals surface area contributed by atoms with E-state index in [1.807, 2.05) is 37.4 Å². The van der Waals surface area contributed by atoms with E-state index in [1.54, 1.807) is 17.0 Å². The van der Waals surface area contributed by atoms with E-state index in [0.717, 1.165) is 5.56 Å². The highest BCUT2D eigenvalue weighted by molar-refractivity contribution is 5.98. The van der Waals surface area contributed by atoms with Crippen molar-refractivity contribution >= 4 is 23.0 Å². The monoisotopic (exact) mass is 338 g/mol. The van der Waals surface area contributed by atoms with Crippen LogP contribution >= 0.6 is 0 Å². The summed E-state index contributed by atoms with van der Waals surface area (Å²) in [5, 5.41) is 2.72. The van der Waals surface area contributed by atoms with Crippen LogP contribution in [-0.4, -0.2) is 39.6 Å². The van der Waals surface area contributed by atoms with E-state index in [2.05, 4.69) is 15.3 Å². The van der Waals surface area contributed by atoms with Gasteiger partial charge in [0.15, 0.2) is 5.65 Å². The lowest BCUT2D eigenvalue weighted by Crippen LogP contribution is -2.43. The predicted molar refractivity (Wildman–Crippen MR) is 91.9 cm³/mol. The molecule has 0 radical (unpaired) electrons. The number of benzene rings is 1. The Kier molecular flexibility index (Phi) is 4.74. The maximum absolute atomic E-state index is 12.5. The summed E-state index contributed by atoms with van der Waals surface area (Å²) >= 11 is 0. The van der Waals surface area contributed by atoms with E-state index in [1.165, 1.54) is 13.3 Å². The average molecular weight is 338 g/mol. The van der Waals surface area contributed by atoms with Gasteiger partial charge < -0.3 is 14.6 Å². The molecule has 1 amide bonds. The van der Waals surface area contributed by atoms with Crippen molar-refractivity contribution in [3.05, 3.63) is 60.0 Å². The highest BCUT2D eigenvalue weighted by Crippen LogP contribution is 2.11. The first-order valence-corrected chi connectivity index (χ1v) is 7.78. The molecule has 0 aliphatic heterocycles. The Labute approximate surface area is 144 Å². The number of fused-ring (bicyclic) bond motifs is 1. The zero-order valence-electron chi connectivity index (χ0n) is 14.0. The number of esters is 1. The van der Waals surface area contributed by atoms with Crippen molar-refractivity contribution in [2.75, 3.05) is 7.11 Å². The van der Waals surface area contributed by atoms with Crippen LogP contribution in [0.1, 0.15) is 15.9 Å². The number of nitrogens with one attached hydrogen (secondary N) is 1. The molecule has 1 atom stereocenters. The third-order valence-electron chi connectivity index (χ3n) is 3.89. The second-order valence-electron chi connectivity index (χ2n) is 5.66. The normalized spacial score (nSPS) is 11.9. The minimum absolute atomic E-state index is 0.341. The van der Waals surface area contributed by atoms with Gasteiger partial charge in [0.2, 0.25) is 0 Å². The van der Waals surface area contributed by atoms with Crippen molar-refractivity contribution in [3.63, 3.8) is 0 Å². The Morgan fingerprint density at radius 1 is 1.24 bits per heavy atom. The number of amides is 1. The second kappa shape index (κ2) is 7.12. The zero-order chi connectivity index (χ0) is 17.8. The molecule has 3 rings (SSSR count). The number of rotatable bonds is 5. The Bertz CT molecular complexity index is 905. The van der Waals surface area contributed by atoms with Crippen LogP contribution in [0, 0.1) is 0 Å². The van der Waals surface area contributed by atoms with Gasteiger partial charge in [0.1, 0.15) is 11.6 Å². The summed E-state index contributed by atoms with van der Waals surface area (Å²) in [7, 11) is 3.13. The summed E-state index contributed by atoms with van der Waals surface area (Å²) in [5.74, 6) is -0.893. The van der Waals surface area contributed by atoms with Gasteiger partial charge in [-0.2, -0.15) is 0 Å². The number of nitrogens with zero attached hydrogens (tertiary/aromatic N) is 3. The molecule has 1 N–H and O–H groups in total. The fourth-order valence-corrected chi connectivity index (χ4v) is 2.57. The topological polar surface area (TPSA) is 86.1 Å². The number of methoxy groups -OCH3 is 1. The summed E-state index contributed by atoms with van der Waals surface area (Å²) < 4.78 is 6.58. The van der Waals surface area contributed by atoms with Gasteiger partial charge >= 0.3 is 5.97 Å². The summed E-state index contributed by atoms with van der Waals surface area (Å²) in [6.45, 7) is 0. The maximum atomic E-state index is 12.5. The number of ether oxygens (including phenoxy) is 1. The molecule has 128 valence electrons. The first-order valence-electron chi connectivity index (χ1n) is 7.78. The van der Waals surface area contributed by atoms with Gasteiger partial charge in [0.25, 0.3) is 5.91 Å². The van der Waals surface area contributed by atoms with E-state index in [4.69, 9.17) is 4.74 Å². The molecular formula is C18H18N4O3. The van der Waals surface area contributed by atoms with Crippen LogP contribution < -0.4 is 5.32 Å². The quantitative estimate of drug-likeness (QED) is 0.712. The smallest absolute Gasteiger partial charge is 0.328 e. The zero-order valence-corrected chi connectivity index (χ0v) is 14.0. The Hall–Kier alpha value is -3.22. The largest absolute Gasteiger partial charge is 0.467 e. The first kappa shape index (κ1) is 16.6. The summed E-state index contributed by atoms with van der Waals surface area (Å²) in [5.41, 5.74) is 2.57. The highest BCUT2D eigenvalue weighted by Gasteiger charge is 2.23. The molecule has 25 heavy (non-hydrogen) atoms. The number of aromatic nitrogens is 3. The Morgan fingerprint density at radius 3 is 2.72 bits per heavy atom. The molecule has 3 aromatic rings. The van der Waals surface area contributed by atoms with E-state index in [9.17, 15) is 9.59 Å². The van der Waals surface area contributed by atoms with E-state index < -0.39 is 17.9 Å². The van der Waals surface area contributed by atoms with Crippen LogP contribution in [0.25, 0.3) is 11.2 Å². The molecule has 0 unspecified atom stereocenters. The lowest BCUT2D eigenvalue weighted by molar-refractivity contribution is -0.142. The number of hydrogen-bond acceptors (Lipinski definition) is 5. The van der Waals surface area contributed by atoms with Crippen LogP contribution in [0.5, 0.6) is 0 Å². The van der Waals surface area contributed by atoms with E-state index >= 15 is 0 Å². The number of carbonyl (C=O) groups is 2. The van der Waals surface area contributed by atoms with Gasteiger partial charge in [-0.25, -0.2) is 14.8 Å². The minimum atomic E-state index is -0.778. The van der Waals surface area contributed by atoms with Crippen molar-refractivity contribution < 1.29 is 14.3 Å². The molecular weight excluding hydrogens is 320 g/mol. The van der Waals surface area contributed by atoms with Crippen molar-refractivity contribution in [3.8, 4) is 0 Å². The fourth-order valence-electron chi connectivity index (χ4n) is 2.57. The maximum Gasteiger partial charge on any atom is 0.328 e. The van der Waals surface area contributed by atoms with E-state index in [-0.39, 0.29) is 0 Å². The predicted octanol–water partition coefficient (Wildman–Crippen LogP) is 1.48. The van der Waals surface area contributed by atoms with Gasteiger partial charge in [-0.05, 0) is 11.6 Å². The number of pyridine rings is 1. The molecule has 7 heteroatoms. The third kappa shape index (κ3) is 3.65. The van der Waals surface area contributed by atoms with E-state index in [0.29, 0.717) is 23.1 Å². The summed E-state index contributed by atoms with van der Waals surface area (Å²) in [6.07, 6.45) is 3.45. The van der Waals surface area contributed by atoms with Gasteiger partial charge in [0, 0.05) is 19.7 Å². The molecule has 0 saturated carbocycles. The van der Waals surface area contributed by atoms with Crippen molar-refractivity contribution in [1.29, 1.82) is 0 Å². The lowest BCUT2D eigenvalue weighted by Gasteiger charge is -2.16. The highest BCUT2D eigenvalue weighted by atomic mass is 16.5. The number of carbonyl (C=O) groups excluding carboxylic acids is 2. The average Bonchev–Trinajstić information content (AvgIpc) is 3.01. The molecule has 0 bridgehead atoms. The summed E-state index contributed by atoms with van der Waals surface area (Å²) in [4.78, 5) is 33.0. The van der Waals surface area contributed by atoms with Gasteiger partial charge in [-0.1, -0.05) is 30.3 Å². The SMILES string of the molecule is COC(=O)[C@H](Cc1ccccc1)NC(=O)c1cnc2c(c1)ncn2C. The second-order valence-corrected chi connectivity index (χ2v) is 5.66. The molecule has 0 spiro atoms. The van der Waals surface area contributed by atoms with Crippen molar-refractivity contribution in [1.82, 2.24) is 19.9 Å². The van der Waals surface area contributed by atoms with Crippen molar-refractivity contribution in [2.24, 2.45) is 7.05 Å². The number of imidazole rings is 1. The molecule has 0 aliphatic rings. The number of hydrogen-bond donors (Lipinski definition) is 1. The van der Waals surface area contributed by atoms with Crippen LogP contribution in [0.2, 0.25) is 0 Å². The molecule has 2 heterocycles. The third-order valence-corrected chi connectivity index (χ3v) is 3.89. The van der Waals surface area contributed by atoms with Gasteiger partial charge in [0.05, 0.1) is 19.0 Å². The number of aryl methyl sites for hydroxylation is 1. The standard InChI is InChI=1S/C18H18N4O3/c1-22-11-20-14-9-13(10-19-16(14)22)17(23)21-15(18(24)25-2)8-12-6-4-3-5-7-12/h3-7,9-11,15H,8H2,1-2H3,(H,21,23)/t15-/m0/s1. The van der Waals surface area contributed by atoms with Crippen LogP contribution in [0.4, 0.5) is 0 Å². The minimum Gasteiger partial charge on any atom is -0.467 e. The fraction of sp³-hybridized carbons (Fsp3) is 0.222. The Balaban J connectivity index is 1.79. The molecule has 0 aliphatic carbocycles. The van der Waals surface area contributed by atoms with Crippen LogP contribution in [0.3, 0.4) is 0 Å². The van der Waals surface area contributed by atoms with Crippen LogP contribution in [-0.2, 0) is 23.0 Å². The molecule has 0 saturated heterocycles. The molecule has 0 fully saturated rings. The Morgan fingerprint density at radius 2 is 2.00 bits per heavy atom. The summed E-state index contributed by atoms with van der Waals surface area (Å²) in [6, 6.07) is 10.3. The van der Waals surface area contributed by atoms with Crippen LogP contribution in [0.15, 0.2) is 48.9 Å². The lowest BCUT2D eigenvalue weighted by atomic mass is 10.1. The molecule has 2 aromatic heterocycles. The first-order chi connectivity index (χ1) is 12.1. The van der Waals surface area contributed by atoms with Crippen molar-refractivity contribution in [2.45, 2.75) is 12.5 Å². The molecule has 7 nitrogen and oxygen atoms in total. The van der Waals surface area contributed by atoms with Gasteiger partial charge in [-0.15, -0.1) is 0 Å². The molecule has 1 aromatic carbocycles. The van der Waals surface area contributed by atoms with Gasteiger partial charge in [-0.3, -0.25) is 4.79 Å².